The van der Waals surface area contributed by atoms with Crippen molar-refractivity contribution >= 4 is 5.91 Å². The number of likely N-dealkylation sites (tertiary alicyclic amines) is 1. The highest BCUT2D eigenvalue weighted by Gasteiger charge is 2.44. The Morgan fingerprint density at radius 1 is 1.18 bits per heavy atom. The van der Waals surface area contributed by atoms with Gasteiger partial charge in [0, 0.05) is 18.9 Å². The van der Waals surface area contributed by atoms with Crippen LogP contribution in [0.5, 0.6) is 0 Å². The maximum absolute atomic E-state index is 13.6. The average molecular weight is 453 g/mol. The third kappa shape index (κ3) is 5.31. The summed E-state index contributed by atoms with van der Waals surface area (Å²) in [6.07, 6.45) is 7.45. The van der Waals surface area contributed by atoms with E-state index in [1.807, 2.05) is 0 Å². The van der Waals surface area contributed by atoms with Crippen molar-refractivity contribution in [1.82, 2.24) is 9.80 Å². The van der Waals surface area contributed by atoms with Crippen molar-refractivity contribution in [3.63, 3.8) is 0 Å². The number of nitrogens with zero attached hydrogens (tertiary/aromatic N) is 2. The molecule has 2 aliphatic heterocycles. The van der Waals surface area contributed by atoms with E-state index in [2.05, 4.69) is 68.3 Å². The van der Waals surface area contributed by atoms with Crippen LogP contribution in [-0.4, -0.2) is 48.5 Å². The van der Waals surface area contributed by atoms with Crippen molar-refractivity contribution in [2.45, 2.75) is 84.1 Å². The van der Waals surface area contributed by atoms with Crippen LogP contribution < -0.4 is 0 Å². The quantitative estimate of drug-likeness (QED) is 0.543. The van der Waals surface area contributed by atoms with Gasteiger partial charge in [0.1, 0.15) is 0 Å². The van der Waals surface area contributed by atoms with Crippen LogP contribution in [0.25, 0.3) is 0 Å². The van der Waals surface area contributed by atoms with Crippen molar-refractivity contribution in [3.8, 4) is 0 Å². The molecule has 0 saturated carbocycles. The molecule has 1 amide bonds. The predicted molar refractivity (Wildman–Crippen MR) is 135 cm³/mol. The summed E-state index contributed by atoms with van der Waals surface area (Å²) in [6, 6.07) is 9.22. The molecule has 0 aromatic heterocycles. The Morgan fingerprint density at radius 2 is 1.91 bits per heavy atom. The minimum atomic E-state index is 0.0142. The normalized spacial score (nSPS) is 25.4. The maximum Gasteiger partial charge on any atom is 0.226 e. The van der Waals surface area contributed by atoms with E-state index in [1.54, 1.807) is 0 Å². The zero-order chi connectivity index (χ0) is 23.6. The Morgan fingerprint density at radius 3 is 2.58 bits per heavy atom. The molecule has 1 aromatic rings. The monoisotopic (exact) mass is 452 g/mol. The minimum Gasteiger partial charge on any atom is -0.499 e. The Labute approximate surface area is 201 Å². The van der Waals surface area contributed by atoms with Gasteiger partial charge in [-0.05, 0) is 87.0 Å². The molecule has 1 unspecified atom stereocenters. The lowest BCUT2D eigenvalue weighted by molar-refractivity contribution is -0.140. The van der Waals surface area contributed by atoms with E-state index in [4.69, 9.17) is 4.74 Å². The molecule has 0 N–H and O–H groups in total. The number of carbonyl (C=O) groups is 1. The van der Waals surface area contributed by atoms with Gasteiger partial charge in [-0.25, -0.2) is 0 Å². The van der Waals surface area contributed by atoms with Gasteiger partial charge in [-0.3, -0.25) is 4.79 Å². The second kappa shape index (κ2) is 9.82. The molecule has 2 heterocycles. The van der Waals surface area contributed by atoms with Gasteiger partial charge in [0.25, 0.3) is 0 Å². The highest BCUT2D eigenvalue weighted by molar-refractivity contribution is 5.80. The number of benzene rings is 1. The van der Waals surface area contributed by atoms with Crippen LogP contribution in [-0.2, 0) is 14.9 Å². The number of amides is 1. The van der Waals surface area contributed by atoms with Crippen LogP contribution in [0, 0.1) is 11.3 Å². The van der Waals surface area contributed by atoms with Crippen molar-refractivity contribution in [1.29, 1.82) is 0 Å². The van der Waals surface area contributed by atoms with E-state index in [1.165, 1.54) is 56.4 Å². The molecular formula is C29H44N2O2. The van der Waals surface area contributed by atoms with Crippen LogP contribution in [0.2, 0.25) is 0 Å². The van der Waals surface area contributed by atoms with Gasteiger partial charge < -0.3 is 14.5 Å². The molecular weight excluding hydrogens is 408 g/mol. The van der Waals surface area contributed by atoms with Crippen LogP contribution in [0.3, 0.4) is 0 Å². The molecule has 0 bridgehead atoms. The largest absolute Gasteiger partial charge is 0.499 e. The van der Waals surface area contributed by atoms with Gasteiger partial charge in [-0.2, -0.15) is 0 Å². The molecule has 0 radical (unpaired) electrons. The van der Waals surface area contributed by atoms with Crippen LogP contribution in [0.1, 0.15) is 89.8 Å². The van der Waals surface area contributed by atoms with Crippen molar-refractivity contribution < 1.29 is 9.53 Å². The minimum absolute atomic E-state index is 0.0142. The van der Waals surface area contributed by atoms with Crippen LogP contribution in [0.15, 0.2) is 36.6 Å². The first-order chi connectivity index (χ1) is 15.7. The van der Waals surface area contributed by atoms with Crippen molar-refractivity contribution in [2.24, 2.45) is 11.3 Å². The number of hydrogen-bond donors (Lipinski definition) is 0. The zero-order valence-electron chi connectivity index (χ0n) is 21.4. The summed E-state index contributed by atoms with van der Waals surface area (Å²) in [4.78, 5) is 18.4. The molecule has 1 aliphatic carbocycles. The number of allylic oxidation sites excluding steroid dienone is 1. The summed E-state index contributed by atoms with van der Waals surface area (Å²) >= 11 is 0. The Hall–Kier alpha value is -1.81. The standard InChI is InChI=1S/C29H44N2O2/c1-6-31(27(32)23-12-20-33-22(2)21-23)26-11-13-29(25-10-8-7-9-24(25)26)15-18-30(19-16-29)17-14-28(3,4)5/h7-10,23,26H,2,6,11-21H2,1,3-5H3/t23?,26-/m0/s1. The fraction of sp³-hybridized carbons (Fsp3) is 0.690. The van der Waals surface area contributed by atoms with E-state index >= 15 is 0 Å². The number of fused-ring (bicyclic) bond motifs is 2. The van der Waals surface area contributed by atoms with Gasteiger partial charge in [0.05, 0.1) is 18.4 Å². The number of carbonyl (C=O) groups excluding carboxylic acids is 1. The molecule has 2 fully saturated rings. The number of piperidine rings is 1. The molecule has 4 heteroatoms. The summed E-state index contributed by atoms with van der Waals surface area (Å²) in [5, 5.41) is 0. The van der Waals surface area contributed by atoms with Gasteiger partial charge in [-0.1, -0.05) is 51.6 Å². The Kier molecular flexibility index (Phi) is 7.23. The third-order valence-corrected chi connectivity index (χ3v) is 8.37. The van der Waals surface area contributed by atoms with E-state index in [9.17, 15) is 4.79 Å². The fourth-order valence-electron chi connectivity index (χ4n) is 6.27. The SMILES string of the molecule is C=C1CC(C(=O)N(CC)[C@H]2CCC3(CCN(CCC(C)(C)C)CC3)c3ccccc32)CCO1. The molecule has 182 valence electrons. The van der Waals surface area contributed by atoms with Crippen LogP contribution in [0.4, 0.5) is 0 Å². The number of rotatable bonds is 5. The summed E-state index contributed by atoms with van der Waals surface area (Å²) in [5.41, 5.74) is 3.58. The van der Waals surface area contributed by atoms with Crippen molar-refractivity contribution in [3.05, 3.63) is 47.7 Å². The highest BCUT2D eigenvalue weighted by atomic mass is 16.5. The molecule has 2 atom stereocenters. The summed E-state index contributed by atoms with van der Waals surface area (Å²) < 4.78 is 5.52. The summed E-state index contributed by atoms with van der Waals surface area (Å²) in [5.74, 6) is 1.06. The Balaban J connectivity index is 1.51. The topological polar surface area (TPSA) is 32.8 Å². The van der Waals surface area contributed by atoms with Gasteiger partial charge >= 0.3 is 0 Å². The smallest absolute Gasteiger partial charge is 0.226 e. The van der Waals surface area contributed by atoms with E-state index in [-0.39, 0.29) is 23.3 Å². The number of hydrogen-bond acceptors (Lipinski definition) is 3. The third-order valence-electron chi connectivity index (χ3n) is 8.37. The molecule has 1 aromatic carbocycles. The second-order valence-corrected chi connectivity index (χ2v) is 11.8. The molecule has 3 aliphatic rings. The van der Waals surface area contributed by atoms with E-state index in [0.29, 0.717) is 18.4 Å². The second-order valence-electron chi connectivity index (χ2n) is 11.8. The fourth-order valence-corrected chi connectivity index (χ4v) is 6.27. The van der Waals surface area contributed by atoms with Crippen molar-refractivity contribution in [2.75, 3.05) is 32.8 Å². The van der Waals surface area contributed by atoms with Gasteiger partial charge in [-0.15, -0.1) is 0 Å². The maximum atomic E-state index is 13.6. The Bertz CT molecular complexity index is 847. The first kappa shape index (κ1) is 24.3. The first-order valence-electron chi connectivity index (χ1n) is 13.2. The predicted octanol–water partition coefficient (Wildman–Crippen LogP) is 6.08. The van der Waals surface area contributed by atoms with Gasteiger partial charge in [0.2, 0.25) is 5.91 Å². The summed E-state index contributed by atoms with van der Waals surface area (Å²) in [7, 11) is 0. The molecule has 2 saturated heterocycles. The molecule has 1 spiro atoms. The average Bonchev–Trinajstić information content (AvgIpc) is 2.80. The van der Waals surface area contributed by atoms with E-state index < -0.39 is 0 Å². The molecule has 4 nitrogen and oxygen atoms in total. The summed E-state index contributed by atoms with van der Waals surface area (Å²) in [6.45, 7) is 18.1. The first-order valence-corrected chi connectivity index (χ1v) is 13.2. The lowest BCUT2D eigenvalue weighted by Gasteiger charge is -2.49. The lowest BCUT2D eigenvalue weighted by Crippen LogP contribution is -2.48. The lowest BCUT2D eigenvalue weighted by atomic mass is 9.63. The molecule has 4 rings (SSSR count). The zero-order valence-corrected chi connectivity index (χ0v) is 21.4. The van der Waals surface area contributed by atoms with E-state index in [0.717, 1.165) is 25.1 Å². The molecule has 33 heavy (non-hydrogen) atoms. The number of ether oxygens (including phenoxy) is 1. The highest BCUT2D eigenvalue weighted by Crippen LogP contribution is 2.50. The van der Waals surface area contributed by atoms with Crippen LogP contribution >= 0.6 is 0 Å². The van der Waals surface area contributed by atoms with Gasteiger partial charge in [0.15, 0.2) is 0 Å².